The van der Waals surface area contributed by atoms with Gasteiger partial charge in [0.15, 0.2) is 11.5 Å². The fourth-order valence-electron chi connectivity index (χ4n) is 2.29. The van der Waals surface area contributed by atoms with Gasteiger partial charge in [-0.25, -0.2) is 4.68 Å². The van der Waals surface area contributed by atoms with E-state index in [0.717, 1.165) is 23.6 Å². The third-order valence-corrected chi connectivity index (χ3v) is 3.52. The van der Waals surface area contributed by atoms with Crippen LogP contribution >= 0.6 is 0 Å². The van der Waals surface area contributed by atoms with Crippen molar-refractivity contribution in [3.63, 3.8) is 0 Å². The maximum atomic E-state index is 5.62. The number of fused-ring (bicyclic) bond motifs is 1. The lowest BCUT2D eigenvalue weighted by Gasteiger charge is -2.21. The molecule has 5 nitrogen and oxygen atoms in total. The first kappa shape index (κ1) is 13.7. The third-order valence-electron chi connectivity index (χ3n) is 3.52. The maximum Gasteiger partial charge on any atom is 0.161 e. The number of nitrogens with zero attached hydrogens (tertiary/aromatic N) is 2. The average molecular weight is 285 g/mol. The Bertz CT molecular complexity index is 636. The van der Waals surface area contributed by atoms with Crippen molar-refractivity contribution in [2.24, 2.45) is 0 Å². The molecule has 0 bridgehead atoms. The summed E-state index contributed by atoms with van der Waals surface area (Å²) in [6.45, 7) is 7.79. The van der Waals surface area contributed by atoms with Crippen LogP contribution in [0.3, 0.4) is 0 Å². The molecule has 21 heavy (non-hydrogen) atoms. The Morgan fingerprint density at radius 2 is 2.19 bits per heavy atom. The van der Waals surface area contributed by atoms with Crippen LogP contribution in [0.2, 0.25) is 0 Å². The smallest absolute Gasteiger partial charge is 0.161 e. The van der Waals surface area contributed by atoms with Gasteiger partial charge in [-0.2, -0.15) is 5.10 Å². The molecule has 0 fully saturated rings. The number of aromatic nitrogens is 2. The van der Waals surface area contributed by atoms with Gasteiger partial charge in [-0.05, 0) is 24.6 Å². The first-order chi connectivity index (χ1) is 10.3. The van der Waals surface area contributed by atoms with Crippen LogP contribution in [-0.4, -0.2) is 23.0 Å². The molecule has 2 heterocycles. The summed E-state index contributed by atoms with van der Waals surface area (Å²) in [5.41, 5.74) is 2.30. The quantitative estimate of drug-likeness (QED) is 0.917. The fourth-order valence-corrected chi connectivity index (χ4v) is 2.29. The van der Waals surface area contributed by atoms with Crippen LogP contribution in [0.15, 0.2) is 37.2 Å². The van der Waals surface area contributed by atoms with E-state index in [1.165, 1.54) is 5.56 Å². The molecule has 0 saturated carbocycles. The summed E-state index contributed by atoms with van der Waals surface area (Å²) in [6.07, 6.45) is 5.47. The number of ether oxygens (including phenoxy) is 2. The van der Waals surface area contributed by atoms with E-state index in [9.17, 15) is 0 Å². The Kier molecular flexibility index (Phi) is 3.92. The van der Waals surface area contributed by atoms with Crippen molar-refractivity contribution < 1.29 is 9.47 Å². The summed E-state index contributed by atoms with van der Waals surface area (Å²) in [4.78, 5) is 0. The molecule has 0 aliphatic carbocycles. The van der Waals surface area contributed by atoms with Gasteiger partial charge in [-0.3, -0.25) is 0 Å². The second-order valence-corrected chi connectivity index (χ2v) is 5.02. The zero-order chi connectivity index (χ0) is 14.7. The number of benzene rings is 1. The summed E-state index contributed by atoms with van der Waals surface area (Å²) in [5, 5.41) is 7.64. The standard InChI is InChI=1S/C16H19N3O2/c1-3-19-11-13(10-18-19)9-17-12(2)14-4-5-15-16(8-14)21-7-6-20-15/h3-5,8,10-12,17H,1,6-7,9H2,2H3. The van der Waals surface area contributed by atoms with Crippen LogP contribution in [0.4, 0.5) is 0 Å². The van der Waals surface area contributed by atoms with Gasteiger partial charge in [0, 0.05) is 30.5 Å². The molecule has 0 radical (unpaired) electrons. The molecule has 110 valence electrons. The van der Waals surface area contributed by atoms with Crippen LogP contribution in [0, 0.1) is 0 Å². The van der Waals surface area contributed by atoms with E-state index in [1.807, 2.05) is 24.5 Å². The lowest BCUT2D eigenvalue weighted by Crippen LogP contribution is -2.19. The molecule has 1 aromatic heterocycles. The van der Waals surface area contributed by atoms with Crippen LogP contribution < -0.4 is 14.8 Å². The van der Waals surface area contributed by atoms with Gasteiger partial charge in [0.05, 0.1) is 6.20 Å². The molecule has 0 saturated heterocycles. The molecule has 1 atom stereocenters. The van der Waals surface area contributed by atoms with Gasteiger partial charge in [0.25, 0.3) is 0 Å². The van der Waals surface area contributed by atoms with Gasteiger partial charge in [0.2, 0.25) is 0 Å². The average Bonchev–Trinajstić information content (AvgIpc) is 3.00. The summed E-state index contributed by atoms with van der Waals surface area (Å²) < 4.78 is 12.9. The highest BCUT2D eigenvalue weighted by molar-refractivity contribution is 5.44. The number of nitrogens with one attached hydrogen (secondary N) is 1. The molecule has 1 aromatic carbocycles. The van der Waals surface area contributed by atoms with Crippen molar-refractivity contribution >= 4 is 6.20 Å². The molecule has 5 heteroatoms. The SMILES string of the molecule is C=Cn1cc(CNC(C)c2ccc3c(c2)OCCO3)cn1. The summed E-state index contributed by atoms with van der Waals surface area (Å²) in [5.74, 6) is 1.65. The van der Waals surface area contributed by atoms with Gasteiger partial charge < -0.3 is 14.8 Å². The highest BCUT2D eigenvalue weighted by Gasteiger charge is 2.14. The second-order valence-electron chi connectivity index (χ2n) is 5.02. The van der Waals surface area contributed by atoms with Gasteiger partial charge in [0.1, 0.15) is 13.2 Å². The van der Waals surface area contributed by atoms with E-state index in [0.29, 0.717) is 13.2 Å². The topological polar surface area (TPSA) is 48.3 Å². The predicted octanol–water partition coefficient (Wildman–Crippen LogP) is 2.61. The third kappa shape index (κ3) is 3.08. The van der Waals surface area contributed by atoms with Crippen LogP contribution in [0.25, 0.3) is 6.20 Å². The molecule has 2 aromatic rings. The minimum Gasteiger partial charge on any atom is -0.486 e. The Morgan fingerprint density at radius 3 is 2.95 bits per heavy atom. The van der Waals surface area contributed by atoms with Gasteiger partial charge >= 0.3 is 0 Å². The number of hydrogen-bond donors (Lipinski definition) is 1. The first-order valence-corrected chi connectivity index (χ1v) is 7.05. The largest absolute Gasteiger partial charge is 0.486 e. The summed E-state index contributed by atoms with van der Waals surface area (Å²) in [7, 11) is 0. The monoisotopic (exact) mass is 285 g/mol. The summed E-state index contributed by atoms with van der Waals surface area (Å²) >= 11 is 0. The maximum absolute atomic E-state index is 5.62. The Morgan fingerprint density at radius 1 is 1.38 bits per heavy atom. The first-order valence-electron chi connectivity index (χ1n) is 7.05. The minimum absolute atomic E-state index is 0.216. The van der Waals surface area contributed by atoms with Crippen molar-refractivity contribution in [1.29, 1.82) is 0 Å². The molecule has 1 aliphatic heterocycles. The predicted molar refractivity (Wildman–Crippen MR) is 81.3 cm³/mol. The molecule has 1 aliphatic rings. The summed E-state index contributed by atoms with van der Waals surface area (Å²) in [6, 6.07) is 6.29. The van der Waals surface area contributed by atoms with E-state index in [-0.39, 0.29) is 6.04 Å². The van der Waals surface area contributed by atoms with Crippen molar-refractivity contribution in [1.82, 2.24) is 15.1 Å². The zero-order valence-electron chi connectivity index (χ0n) is 12.1. The van der Waals surface area contributed by atoms with Crippen molar-refractivity contribution in [3.05, 3.63) is 48.3 Å². The second kappa shape index (κ2) is 6.01. The van der Waals surface area contributed by atoms with Crippen molar-refractivity contribution in [3.8, 4) is 11.5 Å². The van der Waals surface area contributed by atoms with Crippen LogP contribution in [-0.2, 0) is 6.54 Å². The van der Waals surface area contributed by atoms with E-state index >= 15 is 0 Å². The Hall–Kier alpha value is -2.27. The van der Waals surface area contributed by atoms with E-state index in [1.54, 1.807) is 10.9 Å². The minimum atomic E-state index is 0.216. The Balaban J connectivity index is 1.64. The van der Waals surface area contributed by atoms with E-state index in [4.69, 9.17) is 9.47 Å². The molecule has 3 rings (SSSR count). The fraction of sp³-hybridized carbons (Fsp3) is 0.312. The van der Waals surface area contributed by atoms with Crippen LogP contribution in [0.5, 0.6) is 11.5 Å². The van der Waals surface area contributed by atoms with Gasteiger partial charge in [-0.1, -0.05) is 12.6 Å². The highest BCUT2D eigenvalue weighted by Crippen LogP contribution is 2.32. The van der Waals surface area contributed by atoms with E-state index in [2.05, 4.69) is 30.0 Å². The zero-order valence-corrected chi connectivity index (χ0v) is 12.1. The Labute approximate surface area is 124 Å². The van der Waals surface area contributed by atoms with Crippen molar-refractivity contribution in [2.45, 2.75) is 19.5 Å². The number of rotatable bonds is 5. The van der Waals surface area contributed by atoms with Crippen LogP contribution in [0.1, 0.15) is 24.1 Å². The normalized spacial score (nSPS) is 14.7. The molecule has 0 spiro atoms. The molecular weight excluding hydrogens is 266 g/mol. The molecule has 1 N–H and O–H groups in total. The lowest BCUT2D eigenvalue weighted by atomic mass is 10.1. The molecule has 0 amide bonds. The van der Waals surface area contributed by atoms with E-state index < -0.39 is 0 Å². The van der Waals surface area contributed by atoms with Gasteiger partial charge in [-0.15, -0.1) is 0 Å². The lowest BCUT2D eigenvalue weighted by molar-refractivity contribution is 0.171. The number of hydrogen-bond acceptors (Lipinski definition) is 4. The van der Waals surface area contributed by atoms with Crippen molar-refractivity contribution in [2.75, 3.05) is 13.2 Å². The highest BCUT2D eigenvalue weighted by atomic mass is 16.6. The molecular formula is C16H19N3O2. The molecule has 1 unspecified atom stereocenters.